The van der Waals surface area contributed by atoms with E-state index in [1.54, 1.807) is 13.2 Å². The van der Waals surface area contributed by atoms with Crippen molar-refractivity contribution in [3.8, 4) is 0 Å². The number of ketones is 1. The molecule has 15 heavy (non-hydrogen) atoms. The van der Waals surface area contributed by atoms with E-state index in [4.69, 9.17) is 0 Å². The molecule has 0 N–H and O–H groups in total. The van der Waals surface area contributed by atoms with Gasteiger partial charge in [-0.05, 0) is 18.0 Å². The van der Waals surface area contributed by atoms with Crippen molar-refractivity contribution in [1.82, 2.24) is 24.6 Å². The van der Waals surface area contributed by atoms with E-state index in [0.717, 1.165) is 17.2 Å². The van der Waals surface area contributed by atoms with Crippen LogP contribution in [-0.2, 0) is 13.5 Å². The minimum absolute atomic E-state index is 0.157. The highest BCUT2D eigenvalue weighted by Crippen LogP contribution is 2.15. The van der Waals surface area contributed by atoms with E-state index >= 15 is 0 Å². The third-order valence-electron chi connectivity index (χ3n) is 1.93. The number of carbonyl (C=O) groups is 1. The lowest BCUT2D eigenvalue weighted by molar-refractivity contribution is 0.103. The van der Waals surface area contributed by atoms with Gasteiger partial charge in [0.05, 0.1) is 11.9 Å². The molecule has 0 aromatic carbocycles. The number of nitrogens with zero attached hydrogens (tertiary/aromatic N) is 5. The molecule has 0 atom stereocenters. The summed E-state index contributed by atoms with van der Waals surface area (Å²) in [7, 11) is 1.72. The van der Waals surface area contributed by atoms with E-state index in [9.17, 15) is 4.79 Å². The normalized spacial score (nSPS) is 10.5. The zero-order valence-corrected chi connectivity index (χ0v) is 9.15. The van der Waals surface area contributed by atoms with Gasteiger partial charge in [0.15, 0.2) is 5.69 Å². The summed E-state index contributed by atoms with van der Waals surface area (Å²) in [6.45, 7) is 1.93. The van der Waals surface area contributed by atoms with Crippen LogP contribution in [0.5, 0.6) is 0 Å². The van der Waals surface area contributed by atoms with Crippen molar-refractivity contribution in [3.63, 3.8) is 0 Å². The summed E-state index contributed by atoms with van der Waals surface area (Å²) in [4.78, 5) is 12.5. The van der Waals surface area contributed by atoms with Crippen molar-refractivity contribution < 1.29 is 4.79 Å². The molecule has 0 amide bonds. The van der Waals surface area contributed by atoms with Crippen molar-refractivity contribution >= 4 is 17.3 Å². The van der Waals surface area contributed by atoms with Gasteiger partial charge in [-0.1, -0.05) is 16.6 Å². The first kappa shape index (κ1) is 9.91. The number of rotatable bonds is 3. The molecule has 7 heteroatoms. The van der Waals surface area contributed by atoms with E-state index in [0.29, 0.717) is 17.0 Å². The fraction of sp³-hybridized carbons (Fsp3) is 0.375. The first-order chi connectivity index (χ1) is 7.22. The Balaban J connectivity index is 2.36. The van der Waals surface area contributed by atoms with Crippen molar-refractivity contribution in [3.05, 3.63) is 22.5 Å². The largest absolute Gasteiger partial charge is 0.286 e. The van der Waals surface area contributed by atoms with Gasteiger partial charge in [-0.25, -0.2) is 0 Å². The van der Waals surface area contributed by atoms with Crippen molar-refractivity contribution in [1.29, 1.82) is 0 Å². The van der Waals surface area contributed by atoms with Gasteiger partial charge in [0, 0.05) is 7.05 Å². The molecular weight excluding hydrogens is 214 g/mol. The van der Waals surface area contributed by atoms with Gasteiger partial charge in [0.25, 0.3) is 0 Å². The van der Waals surface area contributed by atoms with Gasteiger partial charge < -0.3 is 0 Å². The molecule has 2 rings (SSSR count). The van der Waals surface area contributed by atoms with Gasteiger partial charge >= 0.3 is 0 Å². The van der Waals surface area contributed by atoms with Crippen molar-refractivity contribution in [2.24, 2.45) is 7.05 Å². The first-order valence-corrected chi connectivity index (χ1v) is 5.22. The van der Waals surface area contributed by atoms with Crippen LogP contribution in [0.3, 0.4) is 0 Å². The molecular formula is C8H9N5OS. The molecule has 6 nitrogen and oxygen atoms in total. The van der Waals surface area contributed by atoms with Crippen molar-refractivity contribution in [2.45, 2.75) is 13.3 Å². The minimum Gasteiger partial charge on any atom is -0.286 e. The fourth-order valence-electron chi connectivity index (χ4n) is 1.18. The van der Waals surface area contributed by atoms with Crippen LogP contribution in [0.15, 0.2) is 6.20 Å². The highest BCUT2D eigenvalue weighted by Gasteiger charge is 2.19. The Bertz CT molecular complexity index is 489. The third kappa shape index (κ3) is 1.78. The lowest BCUT2D eigenvalue weighted by Gasteiger charge is -1.92. The second-order valence-electron chi connectivity index (χ2n) is 3.01. The van der Waals surface area contributed by atoms with E-state index < -0.39 is 0 Å². The Morgan fingerprint density at radius 1 is 1.53 bits per heavy atom. The standard InChI is InChI=1S/C8H9N5OS/c1-3-5-8(15-12-10-5)7(14)6-4-13(2)11-9-6/h4H,3H2,1-2H3. The molecule has 2 aromatic heterocycles. The molecule has 0 bridgehead atoms. The average molecular weight is 223 g/mol. The number of hydrogen-bond donors (Lipinski definition) is 0. The molecule has 0 spiro atoms. The number of aromatic nitrogens is 5. The summed E-state index contributed by atoms with van der Waals surface area (Å²) in [6.07, 6.45) is 2.28. The molecule has 78 valence electrons. The number of hydrogen-bond acceptors (Lipinski definition) is 6. The smallest absolute Gasteiger partial charge is 0.228 e. The van der Waals surface area contributed by atoms with E-state index in [-0.39, 0.29) is 5.78 Å². The molecule has 0 aliphatic carbocycles. The van der Waals surface area contributed by atoms with Gasteiger partial charge in [-0.2, -0.15) is 0 Å². The third-order valence-corrected chi connectivity index (χ3v) is 2.70. The maximum absolute atomic E-state index is 11.9. The van der Waals surface area contributed by atoms with Crippen LogP contribution in [0, 0.1) is 0 Å². The SMILES string of the molecule is CCc1nnsc1C(=O)c1cn(C)nn1. The van der Waals surface area contributed by atoms with E-state index in [1.165, 1.54) is 4.68 Å². The summed E-state index contributed by atoms with van der Waals surface area (Å²) in [5.74, 6) is -0.157. The van der Waals surface area contributed by atoms with Gasteiger partial charge in [-0.3, -0.25) is 9.48 Å². The van der Waals surface area contributed by atoms with Gasteiger partial charge in [-0.15, -0.1) is 10.2 Å². The molecule has 0 saturated heterocycles. The summed E-state index contributed by atoms with van der Waals surface area (Å²) < 4.78 is 5.26. The van der Waals surface area contributed by atoms with Crippen LogP contribution in [0.25, 0.3) is 0 Å². The second-order valence-corrected chi connectivity index (χ2v) is 3.76. The predicted molar refractivity (Wildman–Crippen MR) is 53.7 cm³/mol. The van der Waals surface area contributed by atoms with Crippen LogP contribution in [-0.4, -0.2) is 30.4 Å². The Morgan fingerprint density at radius 2 is 2.33 bits per heavy atom. The lowest BCUT2D eigenvalue weighted by Crippen LogP contribution is -2.02. The summed E-state index contributed by atoms with van der Waals surface area (Å²) in [5, 5.41) is 11.4. The monoisotopic (exact) mass is 223 g/mol. The molecule has 0 fully saturated rings. The maximum Gasteiger partial charge on any atom is 0.228 e. The Hall–Kier alpha value is -1.63. The predicted octanol–water partition coefficient (Wildman–Crippen LogP) is 0.460. The van der Waals surface area contributed by atoms with Crippen LogP contribution >= 0.6 is 11.5 Å². The van der Waals surface area contributed by atoms with E-state index in [2.05, 4.69) is 19.9 Å². The van der Waals surface area contributed by atoms with E-state index in [1.807, 2.05) is 6.92 Å². The fourth-order valence-corrected chi connectivity index (χ4v) is 1.88. The van der Waals surface area contributed by atoms with Crippen LogP contribution in [0.2, 0.25) is 0 Å². The Labute approximate surface area is 90.1 Å². The van der Waals surface area contributed by atoms with Gasteiger partial charge in [0.2, 0.25) is 5.78 Å². The number of aryl methyl sites for hydroxylation is 2. The van der Waals surface area contributed by atoms with Crippen molar-refractivity contribution in [2.75, 3.05) is 0 Å². The molecule has 0 saturated carbocycles. The molecule has 0 radical (unpaired) electrons. The zero-order chi connectivity index (χ0) is 10.8. The molecule has 0 aliphatic rings. The minimum atomic E-state index is -0.157. The summed E-state index contributed by atoms with van der Waals surface area (Å²) in [6, 6.07) is 0. The average Bonchev–Trinajstić information content (AvgIpc) is 2.84. The maximum atomic E-state index is 11.9. The quantitative estimate of drug-likeness (QED) is 0.707. The highest BCUT2D eigenvalue weighted by atomic mass is 32.1. The second kappa shape index (κ2) is 3.85. The Kier molecular flexibility index (Phi) is 2.55. The molecule has 2 heterocycles. The molecule has 0 aliphatic heterocycles. The summed E-state index contributed by atoms with van der Waals surface area (Å²) >= 11 is 1.10. The lowest BCUT2D eigenvalue weighted by atomic mass is 10.2. The van der Waals surface area contributed by atoms with Crippen LogP contribution in [0.4, 0.5) is 0 Å². The first-order valence-electron chi connectivity index (χ1n) is 4.44. The molecule has 0 unspecified atom stereocenters. The topological polar surface area (TPSA) is 73.6 Å². The van der Waals surface area contributed by atoms with Gasteiger partial charge in [0.1, 0.15) is 4.88 Å². The van der Waals surface area contributed by atoms with Crippen LogP contribution < -0.4 is 0 Å². The highest BCUT2D eigenvalue weighted by molar-refractivity contribution is 7.08. The Morgan fingerprint density at radius 3 is 2.93 bits per heavy atom. The summed E-state index contributed by atoms with van der Waals surface area (Å²) in [5.41, 5.74) is 1.05. The zero-order valence-electron chi connectivity index (χ0n) is 8.34. The molecule has 2 aromatic rings. The number of carbonyl (C=O) groups excluding carboxylic acids is 1. The van der Waals surface area contributed by atoms with Crippen LogP contribution in [0.1, 0.15) is 28.0 Å².